The molecule has 0 unspecified atom stereocenters. The van der Waals surface area contributed by atoms with Crippen LogP contribution in [0.5, 0.6) is 0 Å². The molecular formula is C20H24. The third kappa shape index (κ3) is 2.95. The molecule has 0 nitrogen and oxygen atoms in total. The lowest BCUT2D eigenvalue weighted by Crippen LogP contribution is -2.34. The van der Waals surface area contributed by atoms with Crippen LogP contribution in [-0.2, 0) is 12.8 Å². The summed E-state index contributed by atoms with van der Waals surface area (Å²) in [5, 5.41) is 0. The summed E-state index contributed by atoms with van der Waals surface area (Å²) in [5.74, 6) is 0. The third-order valence-electron chi connectivity index (χ3n) is 4.81. The molecule has 0 spiro atoms. The van der Waals surface area contributed by atoms with Crippen LogP contribution in [0, 0.1) is 19.3 Å². The Labute approximate surface area is 122 Å². The van der Waals surface area contributed by atoms with E-state index in [0.29, 0.717) is 5.41 Å². The summed E-state index contributed by atoms with van der Waals surface area (Å²) in [6.07, 6.45) is 6.64. The van der Waals surface area contributed by atoms with Gasteiger partial charge in [0.15, 0.2) is 0 Å². The monoisotopic (exact) mass is 264 g/mol. The molecule has 20 heavy (non-hydrogen) atoms. The van der Waals surface area contributed by atoms with Crippen LogP contribution in [0.25, 0.3) is 0 Å². The molecule has 1 aliphatic rings. The molecule has 0 N–H and O–H groups in total. The average Bonchev–Trinajstić information content (AvgIpc) is 2.41. The van der Waals surface area contributed by atoms with Gasteiger partial charge in [0, 0.05) is 0 Å². The van der Waals surface area contributed by atoms with E-state index in [4.69, 9.17) is 0 Å². The zero-order valence-corrected chi connectivity index (χ0v) is 12.7. The van der Waals surface area contributed by atoms with Crippen molar-refractivity contribution in [2.24, 2.45) is 5.41 Å². The van der Waals surface area contributed by atoms with E-state index in [1.54, 1.807) is 0 Å². The largest absolute Gasteiger partial charge is 0.0591 e. The first-order chi connectivity index (χ1) is 9.65. The second kappa shape index (κ2) is 5.44. The zero-order valence-electron chi connectivity index (χ0n) is 12.7. The van der Waals surface area contributed by atoms with E-state index in [0.717, 1.165) is 0 Å². The van der Waals surface area contributed by atoms with Gasteiger partial charge in [-0.1, -0.05) is 66.1 Å². The van der Waals surface area contributed by atoms with Gasteiger partial charge in [0.05, 0.1) is 0 Å². The topological polar surface area (TPSA) is 0 Å². The Kier molecular flexibility index (Phi) is 3.65. The molecule has 1 saturated carbocycles. The molecule has 104 valence electrons. The summed E-state index contributed by atoms with van der Waals surface area (Å²) < 4.78 is 0. The lowest BCUT2D eigenvalue weighted by molar-refractivity contribution is 0.133. The lowest BCUT2D eigenvalue weighted by Gasteiger charge is -2.42. The molecule has 1 aliphatic carbocycles. The summed E-state index contributed by atoms with van der Waals surface area (Å²) in [5.41, 5.74) is 6.24. The van der Waals surface area contributed by atoms with Crippen LogP contribution in [0.2, 0.25) is 0 Å². The molecule has 0 aliphatic heterocycles. The molecule has 1 fully saturated rings. The fourth-order valence-electron chi connectivity index (χ4n) is 3.37. The number of rotatable bonds is 4. The van der Waals surface area contributed by atoms with Gasteiger partial charge in [0.25, 0.3) is 0 Å². The first kappa shape index (κ1) is 13.4. The fourth-order valence-corrected chi connectivity index (χ4v) is 3.37. The van der Waals surface area contributed by atoms with Gasteiger partial charge in [-0.2, -0.15) is 0 Å². The third-order valence-corrected chi connectivity index (χ3v) is 4.81. The highest BCUT2D eigenvalue weighted by molar-refractivity contribution is 5.26. The smallest absolute Gasteiger partial charge is 0.0217 e. The maximum atomic E-state index is 2.31. The molecule has 0 heterocycles. The van der Waals surface area contributed by atoms with Gasteiger partial charge < -0.3 is 0 Å². The highest BCUT2D eigenvalue weighted by Gasteiger charge is 2.36. The highest BCUT2D eigenvalue weighted by Crippen LogP contribution is 2.46. The van der Waals surface area contributed by atoms with Crippen LogP contribution < -0.4 is 0 Å². The maximum absolute atomic E-state index is 2.31. The van der Waals surface area contributed by atoms with Crippen LogP contribution in [0.3, 0.4) is 0 Å². The summed E-state index contributed by atoms with van der Waals surface area (Å²) >= 11 is 0. The standard InChI is InChI=1S/C20H24/c1-16-4-8-18(9-5-16)14-20(12-3-13-20)15-19-10-6-17(2)7-11-19/h4-11H,3,12-15H2,1-2H3. The van der Waals surface area contributed by atoms with Gasteiger partial charge in [-0.05, 0) is 56.1 Å². The van der Waals surface area contributed by atoms with Crippen LogP contribution >= 0.6 is 0 Å². The van der Waals surface area contributed by atoms with Crippen LogP contribution in [0.15, 0.2) is 48.5 Å². The molecule has 0 heteroatoms. The molecular weight excluding hydrogens is 240 g/mol. The molecule has 3 rings (SSSR count). The molecule has 0 atom stereocenters. The van der Waals surface area contributed by atoms with E-state index in [2.05, 4.69) is 62.4 Å². The Balaban J connectivity index is 1.74. The maximum Gasteiger partial charge on any atom is -0.0217 e. The SMILES string of the molecule is Cc1ccc(CC2(Cc3ccc(C)cc3)CCC2)cc1. The van der Waals surface area contributed by atoms with Gasteiger partial charge >= 0.3 is 0 Å². The Morgan fingerprint density at radius 1 is 0.700 bits per heavy atom. The minimum atomic E-state index is 0.518. The van der Waals surface area contributed by atoms with E-state index in [-0.39, 0.29) is 0 Å². The van der Waals surface area contributed by atoms with Crippen molar-refractivity contribution in [2.75, 3.05) is 0 Å². The Morgan fingerprint density at radius 2 is 1.10 bits per heavy atom. The number of benzene rings is 2. The van der Waals surface area contributed by atoms with E-state index in [9.17, 15) is 0 Å². The Hall–Kier alpha value is -1.56. The zero-order chi connectivity index (χ0) is 14.0. The predicted octanol–water partition coefficient (Wildman–Crippen LogP) is 5.26. The highest BCUT2D eigenvalue weighted by atomic mass is 14.4. The molecule has 0 saturated heterocycles. The van der Waals surface area contributed by atoms with E-state index in [1.165, 1.54) is 54.4 Å². The van der Waals surface area contributed by atoms with Crippen molar-refractivity contribution in [3.63, 3.8) is 0 Å². The van der Waals surface area contributed by atoms with E-state index in [1.807, 2.05) is 0 Å². The van der Waals surface area contributed by atoms with Crippen molar-refractivity contribution >= 4 is 0 Å². The second-order valence-electron chi connectivity index (χ2n) is 6.68. The summed E-state index contributed by atoms with van der Waals surface area (Å²) in [7, 11) is 0. The molecule has 0 bridgehead atoms. The number of hydrogen-bond acceptors (Lipinski definition) is 0. The van der Waals surface area contributed by atoms with E-state index < -0.39 is 0 Å². The first-order valence-corrected chi connectivity index (χ1v) is 7.76. The summed E-state index contributed by atoms with van der Waals surface area (Å²) in [6.45, 7) is 4.32. The molecule has 0 radical (unpaired) electrons. The van der Waals surface area contributed by atoms with Gasteiger partial charge in [0.2, 0.25) is 0 Å². The number of hydrogen-bond donors (Lipinski definition) is 0. The van der Waals surface area contributed by atoms with Crippen molar-refractivity contribution in [3.05, 3.63) is 70.8 Å². The van der Waals surface area contributed by atoms with Crippen LogP contribution in [0.4, 0.5) is 0 Å². The fraction of sp³-hybridized carbons (Fsp3) is 0.400. The molecule has 2 aromatic rings. The van der Waals surface area contributed by atoms with Gasteiger partial charge in [-0.3, -0.25) is 0 Å². The first-order valence-electron chi connectivity index (χ1n) is 7.76. The van der Waals surface area contributed by atoms with E-state index >= 15 is 0 Å². The molecule has 0 amide bonds. The minimum Gasteiger partial charge on any atom is -0.0591 e. The number of aryl methyl sites for hydroxylation is 2. The predicted molar refractivity (Wildman–Crippen MR) is 86.1 cm³/mol. The van der Waals surface area contributed by atoms with Crippen molar-refractivity contribution < 1.29 is 0 Å². The normalized spacial score (nSPS) is 16.7. The van der Waals surface area contributed by atoms with Gasteiger partial charge in [-0.25, -0.2) is 0 Å². The summed E-state index contributed by atoms with van der Waals surface area (Å²) in [6, 6.07) is 18.2. The Morgan fingerprint density at radius 3 is 1.40 bits per heavy atom. The molecule has 0 aromatic heterocycles. The van der Waals surface area contributed by atoms with Gasteiger partial charge in [-0.15, -0.1) is 0 Å². The van der Waals surface area contributed by atoms with Crippen molar-refractivity contribution in [1.82, 2.24) is 0 Å². The quantitative estimate of drug-likeness (QED) is 0.706. The van der Waals surface area contributed by atoms with Crippen LogP contribution in [0.1, 0.15) is 41.5 Å². The van der Waals surface area contributed by atoms with Crippen molar-refractivity contribution in [3.8, 4) is 0 Å². The minimum absolute atomic E-state index is 0.518. The molecule has 2 aromatic carbocycles. The van der Waals surface area contributed by atoms with Crippen molar-refractivity contribution in [2.45, 2.75) is 46.0 Å². The average molecular weight is 264 g/mol. The van der Waals surface area contributed by atoms with Crippen molar-refractivity contribution in [1.29, 1.82) is 0 Å². The van der Waals surface area contributed by atoms with Gasteiger partial charge in [0.1, 0.15) is 0 Å². The van der Waals surface area contributed by atoms with Crippen LogP contribution in [-0.4, -0.2) is 0 Å². The summed E-state index contributed by atoms with van der Waals surface area (Å²) in [4.78, 5) is 0. The Bertz CT molecular complexity index is 506. The second-order valence-corrected chi connectivity index (χ2v) is 6.68. The lowest BCUT2D eigenvalue weighted by atomic mass is 9.62.